The number of hydrogen-bond acceptors (Lipinski definition) is 3. The van der Waals surface area contributed by atoms with Crippen molar-refractivity contribution in [3.8, 4) is 0 Å². The van der Waals surface area contributed by atoms with Gasteiger partial charge in [0, 0.05) is 0 Å². The Balaban J connectivity index is 2.20. The van der Waals surface area contributed by atoms with Crippen LogP contribution in [0, 0.1) is 0 Å². The number of carbonyl (C=O) groups is 1. The average Bonchev–Trinajstić information content (AvgIpc) is 2.46. The predicted molar refractivity (Wildman–Crippen MR) is 80.6 cm³/mol. The molecular formula is C15H13ClO4S. The third-order valence-corrected chi connectivity index (χ3v) is 5.06. The van der Waals surface area contributed by atoms with Crippen LogP contribution in [-0.4, -0.2) is 25.2 Å². The fourth-order valence-corrected chi connectivity index (χ4v) is 3.52. The molecule has 0 spiro atoms. The molecule has 0 heterocycles. The van der Waals surface area contributed by atoms with Crippen molar-refractivity contribution < 1.29 is 18.3 Å². The summed E-state index contributed by atoms with van der Waals surface area (Å²) in [7, 11) is -3.50. The molecule has 2 rings (SSSR count). The Labute approximate surface area is 127 Å². The van der Waals surface area contributed by atoms with Gasteiger partial charge in [0.05, 0.1) is 21.2 Å². The van der Waals surface area contributed by atoms with Crippen LogP contribution in [0.5, 0.6) is 0 Å². The number of aryl methyl sites for hydroxylation is 1. The minimum atomic E-state index is -3.50. The highest BCUT2D eigenvalue weighted by Gasteiger charge is 2.17. The highest BCUT2D eigenvalue weighted by atomic mass is 35.5. The topological polar surface area (TPSA) is 71.4 Å². The van der Waals surface area contributed by atoms with Gasteiger partial charge in [-0.1, -0.05) is 41.9 Å². The molecular weight excluding hydrogens is 312 g/mol. The van der Waals surface area contributed by atoms with Crippen molar-refractivity contribution in [2.75, 3.05) is 5.75 Å². The molecule has 0 aliphatic rings. The van der Waals surface area contributed by atoms with Crippen LogP contribution in [0.3, 0.4) is 0 Å². The molecule has 0 fully saturated rings. The molecule has 6 heteroatoms. The molecule has 21 heavy (non-hydrogen) atoms. The van der Waals surface area contributed by atoms with Crippen molar-refractivity contribution in [3.63, 3.8) is 0 Å². The van der Waals surface area contributed by atoms with E-state index in [1.54, 1.807) is 0 Å². The molecule has 4 nitrogen and oxygen atoms in total. The van der Waals surface area contributed by atoms with E-state index in [4.69, 9.17) is 16.7 Å². The van der Waals surface area contributed by atoms with E-state index >= 15 is 0 Å². The van der Waals surface area contributed by atoms with Gasteiger partial charge in [0.2, 0.25) is 0 Å². The van der Waals surface area contributed by atoms with Crippen LogP contribution >= 0.6 is 11.6 Å². The van der Waals surface area contributed by atoms with Gasteiger partial charge >= 0.3 is 5.97 Å². The van der Waals surface area contributed by atoms with Crippen molar-refractivity contribution in [2.24, 2.45) is 0 Å². The largest absolute Gasteiger partial charge is 0.478 e. The van der Waals surface area contributed by atoms with Crippen LogP contribution in [0.4, 0.5) is 0 Å². The quantitative estimate of drug-likeness (QED) is 0.917. The molecule has 0 aromatic heterocycles. The number of aromatic carboxylic acids is 1. The first-order chi connectivity index (χ1) is 9.90. The Hall–Kier alpha value is -1.85. The minimum absolute atomic E-state index is 0.0356. The summed E-state index contributed by atoms with van der Waals surface area (Å²) in [4.78, 5) is 10.9. The zero-order valence-corrected chi connectivity index (χ0v) is 12.6. The number of carboxylic acids is 1. The normalized spacial score (nSPS) is 11.3. The van der Waals surface area contributed by atoms with E-state index in [0.29, 0.717) is 6.42 Å². The van der Waals surface area contributed by atoms with E-state index in [1.165, 1.54) is 18.2 Å². The van der Waals surface area contributed by atoms with E-state index in [2.05, 4.69) is 0 Å². The summed E-state index contributed by atoms with van der Waals surface area (Å²) in [5, 5.41) is 8.80. The number of rotatable bonds is 5. The zero-order chi connectivity index (χ0) is 15.5. The molecule has 110 valence electrons. The summed E-state index contributed by atoms with van der Waals surface area (Å²) < 4.78 is 24.5. The maximum absolute atomic E-state index is 12.2. The van der Waals surface area contributed by atoms with Crippen molar-refractivity contribution in [1.82, 2.24) is 0 Å². The Morgan fingerprint density at radius 1 is 1.10 bits per heavy atom. The standard InChI is InChI=1S/C15H13ClO4S/c16-14-10-12(6-7-13(14)15(17)18)21(19,20)9-8-11-4-2-1-3-5-11/h1-7,10H,8-9H2,(H,17,18). The smallest absolute Gasteiger partial charge is 0.337 e. The lowest BCUT2D eigenvalue weighted by Gasteiger charge is -2.06. The SMILES string of the molecule is O=C(O)c1ccc(S(=O)(=O)CCc2ccccc2)cc1Cl. The number of halogens is 1. The molecule has 1 N–H and O–H groups in total. The first-order valence-corrected chi connectivity index (χ1v) is 8.23. The molecule has 0 bridgehead atoms. The molecule has 0 atom stereocenters. The second-order valence-corrected chi connectivity index (χ2v) is 7.02. The lowest BCUT2D eigenvalue weighted by atomic mass is 10.2. The van der Waals surface area contributed by atoms with Crippen LogP contribution in [0.25, 0.3) is 0 Å². The van der Waals surface area contributed by atoms with Gasteiger partial charge in [-0.2, -0.15) is 0 Å². The van der Waals surface area contributed by atoms with Crippen LogP contribution in [0.2, 0.25) is 5.02 Å². The van der Waals surface area contributed by atoms with E-state index in [0.717, 1.165) is 5.56 Å². The summed E-state index contributed by atoms with van der Waals surface area (Å²) in [5.41, 5.74) is 0.813. The zero-order valence-electron chi connectivity index (χ0n) is 11.0. The van der Waals surface area contributed by atoms with E-state index < -0.39 is 15.8 Å². The predicted octanol–water partition coefficient (Wildman–Crippen LogP) is 3.05. The van der Waals surface area contributed by atoms with E-state index in [1.807, 2.05) is 30.3 Å². The van der Waals surface area contributed by atoms with E-state index in [-0.39, 0.29) is 21.2 Å². The number of sulfone groups is 1. The van der Waals surface area contributed by atoms with Gasteiger partial charge in [0.25, 0.3) is 0 Å². The summed E-state index contributed by atoms with van der Waals surface area (Å²) in [6.07, 6.45) is 0.390. The Bertz CT molecular complexity index is 754. The third kappa shape index (κ3) is 3.83. The Morgan fingerprint density at radius 2 is 1.76 bits per heavy atom. The third-order valence-electron chi connectivity index (χ3n) is 3.03. The fraction of sp³-hybridized carbons (Fsp3) is 0.133. The molecule has 0 aliphatic carbocycles. The van der Waals surface area contributed by atoms with Crippen LogP contribution in [0.1, 0.15) is 15.9 Å². The minimum Gasteiger partial charge on any atom is -0.478 e. The Morgan fingerprint density at radius 3 is 2.33 bits per heavy atom. The van der Waals surface area contributed by atoms with Gasteiger partial charge in [0.15, 0.2) is 9.84 Å². The molecule has 0 radical (unpaired) electrons. The highest BCUT2D eigenvalue weighted by Crippen LogP contribution is 2.22. The molecule has 0 aliphatic heterocycles. The second-order valence-electron chi connectivity index (χ2n) is 4.50. The number of hydrogen-bond donors (Lipinski definition) is 1. The molecule has 0 saturated carbocycles. The number of carboxylic acid groups (broad SMARTS) is 1. The lowest BCUT2D eigenvalue weighted by Crippen LogP contribution is -2.10. The van der Waals surface area contributed by atoms with Crippen LogP contribution in [0.15, 0.2) is 53.4 Å². The van der Waals surface area contributed by atoms with Gasteiger partial charge in [-0.3, -0.25) is 0 Å². The van der Waals surface area contributed by atoms with Crippen molar-refractivity contribution >= 4 is 27.4 Å². The van der Waals surface area contributed by atoms with Crippen molar-refractivity contribution in [1.29, 1.82) is 0 Å². The lowest BCUT2D eigenvalue weighted by molar-refractivity contribution is 0.0697. The van der Waals surface area contributed by atoms with Crippen LogP contribution in [-0.2, 0) is 16.3 Å². The van der Waals surface area contributed by atoms with Gasteiger partial charge in [-0.25, -0.2) is 13.2 Å². The van der Waals surface area contributed by atoms with Gasteiger partial charge in [-0.15, -0.1) is 0 Å². The fourth-order valence-electron chi connectivity index (χ4n) is 1.88. The molecule has 2 aromatic rings. The maximum atomic E-state index is 12.2. The highest BCUT2D eigenvalue weighted by molar-refractivity contribution is 7.91. The summed E-state index contributed by atoms with van der Waals surface area (Å²) >= 11 is 5.80. The van der Waals surface area contributed by atoms with Crippen molar-refractivity contribution in [2.45, 2.75) is 11.3 Å². The Kier molecular flexibility index (Phi) is 4.65. The molecule has 0 unspecified atom stereocenters. The second kappa shape index (κ2) is 6.28. The molecule has 2 aromatic carbocycles. The van der Waals surface area contributed by atoms with Gasteiger partial charge < -0.3 is 5.11 Å². The van der Waals surface area contributed by atoms with Crippen molar-refractivity contribution in [3.05, 3.63) is 64.7 Å². The first kappa shape index (κ1) is 15.5. The van der Waals surface area contributed by atoms with Gasteiger partial charge in [0.1, 0.15) is 0 Å². The maximum Gasteiger partial charge on any atom is 0.337 e. The summed E-state index contributed by atoms with van der Waals surface area (Å²) in [6, 6.07) is 12.9. The summed E-state index contributed by atoms with van der Waals surface area (Å²) in [5.74, 6) is -1.24. The average molecular weight is 325 g/mol. The monoisotopic (exact) mass is 324 g/mol. The molecule has 0 saturated heterocycles. The summed E-state index contributed by atoms with van der Waals surface area (Å²) in [6.45, 7) is 0. The van der Waals surface area contributed by atoms with Crippen LogP contribution < -0.4 is 0 Å². The number of benzene rings is 2. The van der Waals surface area contributed by atoms with Gasteiger partial charge in [-0.05, 0) is 30.2 Å². The first-order valence-electron chi connectivity index (χ1n) is 6.20. The molecule has 0 amide bonds. The van der Waals surface area contributed by atoms with E-state index in [9.17, 15) is 13.2 Å².